The standard InChI is InChI=1S/C30H40N6O4/c1-17(2)31-29(39)20(6)35-15-26(37)34-23-14-21(11-12-25(23)35)13-19(5)28(30(40)32-18(3)4)36-16-27(38)33-22-9-7-8-10-24(22)36/h7-12,14,17-20,28H,13,15-16H2,1-6H3,(H,31,39)(H,32,40)(H,33,38)(H,34,37). The zero-order valence-corrected chi connectivity index (χ0v) is 24.1. The third-order valence-electron chi connectivity index (χ3n) is 7.17. The summed E-state index contributed by atoms with van der Waals surface area (Å²) in [6.07, 6.45) is 0.531. The highest BCUT2D eigenvalue weighted by molar-refractivity contribution is 6.04. The molecule has 40 heavy (non-hydrogen) atoms. The molecule has 0 bridgehead atoms. The fourth-order valence-corrected chi connectivity index (χ4v) is 5.45. The van der Waals surface area contributed by atoms with Gasteiger partial charge in [-0.2, -0.15) is 0 Å². The third kappa shape index (κ3) is 6.38. The van der Waals surface area contributed by atoms with E-state index in [-0.39, 0.29) is 54.7 Å². The highest BCUT2D eigenvalue weighted by atomic mass is 16.2. The maximum atomic E-state index is 13.5. The van der Waals surface area contributed by atoms with Crippen LogP contribution in [0.3, 0.4) is 0 Å². The Morgan fingerprint density at radius 1 is 0.775 bits per heavy atom. The van der Waals surface area contributed by atoms with Gasteiger partial charge in [-0.1, -0.05) is 25.1 Å². The third-order valence-corrected chi connectivity index (χ3v) is 7.17. The van der Waals surface area contributed by atoms with E-state index in [1.165, 1.54) is 0 Å². The van der Waals surface area contributed by atoms with Crippen molar-refractivity contribution in [3.8, 4) is 0 Å². The number of hydrogen-bond acceptors (Lipinski definition) is 6. The van der Waals surface area contributed by atoms with Gasteiger partial charge in [0, 0.05) is 12.1 Å². The zero-order valence-electron chi connectivity index (χ0n) is 24.1. The molecule has 0 saturated heterocycles. The summed E-state index contributed by atoms with van der Waals surface area (Å²) >= 11 is 0. The molecule has 0 radical (unpaired) electrons. The van der Waals surface area contributed by atoms with Crippen LogP contribution in [0.25, 0.3) is 0 Å². The molecular formula is C30H40N6O4. The van der Waals surface area contributed by atoms with Crippen LogP contribution in [0.2, 0.25) is 0 Å². The van der Waals surface area contributed by atoms with Crippen LogP contribution >= 0.6 is 0 Å². The highest BCUT2D eigenvalue weighted by Gasteiger charge is 2.37. The van der Waals surface area contributed by atoms with Crippen molar-refractivity contribution in [2.45, 2.75) is 72.1 Å². The number of para-hydroxylation sites is 2. The van der Waals surface area contributed by atoms with Crippen molar-refractivity contribution in [2.24, 2.45) is 5.92 Å². The molecule has 4 amide bonds. The highest BCUT2D eigenvalue weighted by Crippen LogP contribution is 2.35. The smallest absolute Gasteiger partial charge is 0.243 e. The van der Waals surface area contributed by atoms with Crippen molar-refractivity contribution in [3.05, 3.63) is 48.0 Å². The number of rotatable bonds is 9. The quantitative estimate of drug-likeness (QED) is 0.382. The van der Waals surface area contributed by atoms with Crippen molar-refractivity contribution >= 4 is 46.4 Å². The molecular weight excluding hydrogens is 508 g/mol. The Morgan fingerprint density at radius 3 is 2.02 bits per heavy atom. The first-order chi connectivity index (χ1) is 18.9. The molecule has 214 valence electrons. The number of benzene rings is 2. The summed E-state index contributed by atoms with van der Waals surface area (Å²) in [5.41, 5.74) is 3.83. The van der Waals surface area contributed by atoms with Gasteiger partial charge in [0.05, 0.1) is 35.8 Å². The fourth-order valence-electron chi connectivity index (χ4n) is 5.45. The van der Waals surface area contributed by atoms with Crippen LogP contribution in [0.15, 0.2) is 42.5 Å². The van der Waals surface area contributed by atoms with Gasteiger partial charge in [-0.3, -0.25) is 19.2 Å². The van der Waals surface area contributed by atoms with E-state index in [1.807, 2.05) is 82.0 Å². The summed E-state index contributed by atoms with van der Waals surface area (Å²) in [5.74, 6) is -0.818. The first kappa shape index (κ1) is 28.9. The van der Waals surface area contributed by atoms with Gasteiger partial charge in [0.25, 0.3) is 0 Å². The predicted molar refractivity (Wildman–Crippen MR) is 158 cm³/mol. The maximum absolute atomic E-state index is 13.5. The molecule has 2 aliphatic heterocycles. The SMILES string of the molecule is CC(C)NC(=O)C(C)N1CC(=O)Nc2cc(CC(C)C(C(=O)NC(C)C)N3CC(=O)Nc4ccccc43)ccc21. The summed E-state index contributed by atoms with van der Waals surface area (Å²) in [7, 11) is 0. The Labute approximate surface area is 235 Å². The first-order valence-corrected chi connectivity index (χ1v) is 13.9. The maximum Gasteiger partial charge on any atom is 0.243 e. The minimum absolute atomic E-state index is 0.00399. The number of carbonyl (C=O) groups excluding carboxylic acids is 4. The molecule has 0 saturated carbocycles. The molecule has 4 N–H and O–H groups in total. The second-order valence-corrected chi connectivity index (χ2v) is 11.3. The van der Waals surface area contributed by atoms with Gasteiger partial charge in [0.15, 0.2) is 0 Å². The van der Waals surface area contributed by atoms with Crippen LogP contribution in [0.1, 0.15) is 47.1 Å². The van der Waals surface area contributed by atoms with Gasteiger partial charge in [0.2, 0.25) is 23.6 Å². The number of hydrogen-bond donors (Lipinski definition) is 4. The molecule has 0 fully saturated rings. The van der Waals surface area contributed by atoms with E-state index < -0.39 is 12.1 Å². The Morgan fingerprint density at radius 2 is 1.35 bits per heavy atom. The molecule has 10 heteroatoms. The van der Waals surface area contributed by atoms with Crippen LogP contribution < -0.4 is 31.1 Å². The van der Waals surface area contributed by atoms with Crippen LogP contribution in [0, 0.1) is 5.92 Å². The largest absolute Gasteiger partial charge is 0.352 e. The lowest BCUT2D eigenvalue weighted by molar-refractivity contribution is -0.124. The predicted octanol–water partition coefficient (Wildman–Crippen LogP) is 2.89. The molecule has 0 spiro atoms. The van der Waals surface area contributed by atoms with Crippen LogP contribution in [0.5, 0.6) is 0 Å². The summed E-state index contributed by atoms with van der Waals surface area (Å²) in [5, 5.41) is 11.8. The van der Waals surface area contributed by atoms with Crippen LogP contribution in [0.4, 0.5) is 22.7 Å². The monoisotopic (exact) mass is 548 g/mol. The molecule has 2 aliphatic rings. The number of nitrogens with one attached hydrogen (secondary N) is 4. The lowest BCUT2D eigenvalue weighted by Gasteiger charge is -2.40. The van der Waals surface area contributed by atoms with Crippen molar-refractivity contribution in [1.82, 2.24) is 10.6 Å². The molecule has 2 heterocycles. The van der Waals surface area contributed by atoms with Crippen LogP contribution in [-0.4, -0.2) is 60.9 Å². The summed E-state index contributed by atoms with van der Waals surface area (Å²) < 4.78 is 0. The minimum Gasteiger partial charge on any atom is -0.352 e. The second-order valence-electron chi connectivity index (χ2n) is 11.3. The van der Waals surface area contributed by atoms with Crippen LogP contribution in [-0.2, 0) is 25.6 Å². The molecule has 2 aromatic rings. The molecule has 0 aromatic heterocycles. The van der Waals surface area contributed by atoms with Crippen molar-refractivity contribution in [2.75, 3.05) is 33.5 Å². The lowest BCUT2D eigenvalue weighted by Crippen LogP contribution is -2.56. The Balaban J connectivity index is 1.62. The summed E-state index contributed by atoms with van der Waals surface area (Å²) in [4.78, 5) is 55.1. The second kappa shape index (κ2) is 12.0. The normalized spacial score (nSPS) is 16.9. The van der Waals surface area contributed by atoms with Gasteiger partial charge in [-0.25, -0.2) is 0 Å². The molecule has 2 aromatic carbocycles. The van der Waals surface area contributed by atoms with Gasteiger partial charge >= 0.3 is 0 Å². The van der Waals surface area contributed by atoms with Crippen molar-refractivity contribution in [3.63, 3.8) is 0 Å². The van der Waals surface area contributed by atoms with E-state index in [1.54, 1.807) is 11.8 Å². The van der Waals surface area contributed by atoms with E-state index >= 15 is 0 Å². The van der Waals surface area contributed by atoms with E-state index in [9.17, 15) is 19.2 Å². The van der Waals surface area contributed by atoms with E-state index in [0.29, 0.717) is 17.8 Å². The van der Waals surface area contributed by atoms with Crippen molar-refractivity contribution in [1.29, 1.82) is 0 Å². The lowest BCUT2D eigenvalue weighted by atomic mass is 9.90. The summed E-state index contributed by atoms with van der Waals surface area (Å²) in [6.45, 7) is 11.6. The molecule has 10 nitrogen and oxygen atoms in total. The topological polar surface area (TPSA) is 123 Å². The van der Waals surface area contributed by atoms with Gasteiger partial charge < -0.3 is 31.1 Å². The van der Waals surface area contributed by atoms with E-state index in [2.05, 4.69) is 21.3 Å². The minimum atomic E-state index is -0.600. The number of fused-ring (bicyclic) bond motifs is 2. The van der Waals surface area contributed by atoms with Gasteiger partial charge in [-0.05, 0) is 76.8 Å². The van der Waals surface area contributed by atoms with Gasteiger partial charge in [0.1, 0.15) is 12.1 Å². The van der Waals surface area contributed by atoms with E-state index in [4.69, 9.17) is 0 Å². The number of nitrogens with zero attached hydrogens (tertiary/aromatic N) is 2. The molecule has 3 unspecified atom stereocenters. The summed E-state index contributed by atoms with van der Waals surface area (Å²) in [6, 6.07) is 12.1. The molecule has 3 atom stereocenters. The Bertz CT molecular complexity index is 1290. The average molecular weight is 549 g/mol. The molecule has 0 aliphatic carbocycles. The number of amides is 4. The zero-order chi connectivity index (χ0) is 29.1. The van der Waals surface area contributed by atoms with Crippen molar-refractivity contribution < 1.29 is 19.2 Å². The first-order valence-electron chi connectivity index (χ1n) is 13.9. The average Bonchev–Trinajstić information content (AvgIpc) is 2.86. The Kier molecular flexibility index (Phi) is 8.66. The van der Waals surface area contributed by atoms with E-state index in [0.717, 1.165) is 16.9 Å². The number of carbonyl (C=O) groups is 4. The fraction of sp³-hybridized carbons (Fsp3) is 0.467. The van der Waals surface area contributed by atoms with Gasteiger partial charge in [-0.15, -0.1) is 0 Å². The Hall–Kier alpha value is -4.08. The molecule has 4 rings (SSSR count). The number of anilines is 4.